The van der Waals surface area contributed by atoms with E-state index in [4.69, 9.17) is 37.9 Å². The number of unbranched alkanes of at least 4 members (excludes halogenated alkanes) is 4. The second kappa shape index (κ2) is 34.2. The van der Waals surface area contributed by atoms with Crippen molar-refractivity contribution in [2.24, 2.45) is 5.41 Å². The molecule has 0 N–H and O–H groups in total. The van der Waals surface area contributed by atoms with Crippen LogP contribution in [-0.4, -0.2) is 106 Å². The van der Waals surface area contributed by atoms with Gasteiger partial charge in [-0.25, -0.2) is 0 Å². The highest BCUT2D eigenvalue weighted by molar-refractivity contribution is 5.42. The predicted octanol–water partition coefficient (Wildman–Crippen LogP) is 9.84. The lowest BCUT2D eigenvalue weighted by atomic mass is 9.51. The van der Waals surface area contributed by atoms with Gasteiger partial charge in [0.25, 0.3) is 0 Å². The molecule has 2 aromatic rings. The van der Waals surface area contributed by atoms with Crippen LogP contribution < -0.4 is 0 Å². The topological polar surface area (TPSA) is 73.8 Å². The van der Waals surface area contributed by atoms with Gasteiger partial charge in [0, 0.05) is 58.3 Å². The largest absolute Gasteiger partial charge is 0.379 e. The molecule has 0 heterocycles. The number of ether oxygens (including phenoxy) is 8. The van der Waals surface area contributed by atoms with Crippen molar-refractivity contribution < 1.29 is 37.9 Å². The fourth-order valence-electron chi connectivity index (χ4n) is 7.21. The SMILES string of the molecule is CCCCOCCOCCCC(c1cc[c]cc1)(c1cc[c]cc1)C(CCOCCOCCCC)(CCOCCOCCCC)CCOCCOCCCC. The monoisotopic (exact) mass is 771 g/mol. The van der Waals surface area contributed by atoms with Crippen LogP contribution >= 0.6 is 0 Å². The molecule has 0 aromatic heterocycles. The van der Waals surface area contributed by atoms with Crippen LogP contribution in [0.3, 0.4) is 0 Å². The van der Waals surface area contributed by atoms with E-state index in [1.807, 2.05) is 24.3 Å². The molecular weight excluding hydrogens is 693 g/mol. The average molecular weight is 771 g/mol. The van der Waals surface area contributed by atoms with Gasteiger partial charge in [0.05, 0.1) is 52.9 Å². The summed E-state index contributed by atoms with van der Waals surface area (Å²) in [6.45, 7) is 19.0. The summed E-state index contributed by atoms with van der Waals surface area (Å²) in [6, 6.07) is 23.8. The molecule has 8 heteroatoms. The van der Waals surface area contributed by atoms with E-state index in [0.717, 1.165) is 110 Å². The van der Waals surface area contributed by atoms with Crippen LogP contribution in [0.25, 0.3) is 0 Å². The molecule has 0 atom stereocenters. The lowest BCUT2D eigenvalue weighted by Crippen LogP contribution is -2.49. The maximum Gasteiger partial charge on any atom is 0.0700 e. The molecule has 0 unspecified atom stereocenters. The van der Waals surface area contributed by atoms with Gasteiger partial charge in [-0.05, 0) is 86.5 Å². The van der Waals surface area contributed by atoms with Crippen LogP contribution in [0.1, 0.15) is 122 Å². The Bertz CT molecular complexity index is 995. The minimum absolute atomic E-state index is 0.311. The van der Waals surface area contributed by atoms with Gasteiger partial charge in [0.1, 0.15) is 0 Å². The van der Waals surface area contributed by atoms with Crippen molar-refractivity contribution in [3.63, 3.8) is 0 Å². The van der Waals surface area contributed by atoms with E-state index in [-0.39, 0.29) is 5.41 Å². The summed E-state index contributed by atoms with van der Waals surface area (Å²) in [5.41, 5.74) is 1.79. The average Bonchev–Trinajstić information content (AvgIpc) is 3.22. The molecule has 0 amide bonds. The quantitative estimate of drug-likeness (QED) is 0.0621. The Kier molecular flexibility index (Phi) is 30.6. The van der Waals surface area contributed by atoms with Crippen LogP contribution in [0.5, 0.6) is 0 Å². The van der Waals surface area contributed by atoms with Crippen molar-refractivity contribution in [1.29, 1.82) is 0 Å². The first-order valence-electron chi connectivity index (χ1n) is 21.8. The molecule has 0 aliphatic carbocycles. The van der Waals surface area contributed by atoms with Crippen molar-refractivity contribution in [3.05, 3.63) is 71.8 Å². The van der Waals surface area contributed by atoms with Gasteiger partial charge in [-0.3, -0.25) is 0 Å². The number of rotatable bonds is 40. The summed E-state index contributed by atoms with van der Waals surface area (Å²) in [6.07, 6.45) is 13.0. The summed E-state index contributed by atoms with van der Waals surface area (Å²) in [4.78, 5) is 0. The van der Waals surface area contributed by atoms with Gasteiger partial charge in [-0.1, -0.05) is 102 Å². The highest BCUT2D eigenvalue weighted by Crippen LogP contribution is 2.56. The van der Waals surface area contributed by atoms with Gasteiger partial charge < -0.3 is 37.9 Å². The Morgan fingerprint density at radius 1 is 0.345 bits per heavy atom. The molecule has 0 spiro atoms. The first-order chi connectivity index (χ1) is 27.2. The molecule has 0 saturated heterocycles. The third-order valence-electron chi connectivity index (χ3n) is 10.4. The van der Waals surface area contributed by atoms with Crippen molar-refractivity contribution in [1.82, 2.24) is 0 Å². The highest BCUT2D eigenvalue weighted by Gasteiger charge is 2.52. The van der Waals surface area contributed by atoms with E-state index < -0.39 is 5.41 Å². The van der Waals surface area contributed by atoms with Crippen molar-refractivity contribution in [3.8, 4) is 0 Å². The van der Waals surface area contributed by atoms with Gasteiger partial charge in [-0.15, -0.1) is 0 Å². The molecule has 8 nitrogen and oxygen atoms in total. The van der Waals surface area contributed by atoms with Crippen LogP contribution in [0, 0.1) is 17.5 Å². The highest BCUT2D eigenvalue weighted by atomic mass is 16.5. The minimum atomic E-state index is -0.416. The van der Waals surface area contributed by atoms with Crippen LogP contribution in [0.4, 0.5) is 0 Å². The van der Waals surface area contributed by atoms with Gasteiger partial charge in [-0.2, -0.15) is 0 Å². The summed E-state index contributed by atoms with van der Waals surface area (Å²) >= 11 is 0. The maximum absolute atomic E-state index is 6.40. The summed E-state index contributed by atoms with van der Waals surface area (Å²) in [7, 11) is 0. The first kappa shape index (κ1) is 49.3. The smallest absolute Gasteiger partial charge is 0.0700 e. The summed E-state index contributed by atoms with van der Waals surface area (Å²) < 4.78 is 48.8. The van der Waals surface area contributed by atoms with Gasteiger partial charge >= 0.3 is 0 Å². The molecular formula is C47H78O8. The van der Waals surface area contributed by atoms with E-state index in [1.54, 1.807) is 0 Å². The third-order valence-corrected chi connectivity index (χ3v) is 10.4. The zero-order valence-corrected chi connectivity index (χ0v) is 35.4. The molecule has 0 bridgehead atoms. The molecule has 0 aliphatic heterocycles. The van der Waals surface area contributed by atoms with Crippen LogP contribution in [0.2, 0.25) is 0 Å². The van der Waals surface area contributed by atoms with Crippen molar-refractivity contribution in [2.45, 2.75) is 117 Å². The summed E-state index contributed by atoms with van der Waals surface area (Å²) in [5.74, 6) is 0. The minimum Gasteiger partial charge on any atom is -0.379 e. The second-order valence-electron chi connectivity index (χ2n) is 14.4. The molecule has 2 aromatic carbocycles. The van der Waals surface area contributed by atoms with Crippen LogP contribution in [0.15, 0.2) is 48.5 Å². The fraction of sp³-hybridized carbons (Fsp3) is 0.745. The zero-order valence-electron chi connectivity index (χ0n) is 35.4. The Hall–Kier alpha value is -1.88. The lowest BCUT2D eigenvalue weighted by Gasteiger charge is -2.53. The van der Waals surface area contributed by atoms with E-state index in [0.29, 0.717) is 79.3 Å². The van der Waals surface area contributed by atoms with E-state index >= 15 is 0 Å². The molecule has 0 saturated carbocycles. The maximum atomic E-state index is 6.40. The van der Waals surface area contributed by atoms with Crippen LogP contribution in [-0.2, 0) is 43.3 Å². The Morgan fingerprint density at radius 2 is 0.618 bits per heavy atom. The van der Waals surface area contributed by atoms with E-state index in [2.05, 4.69) is 64.1 Å². The normalized spacial score (nSPS) is 12.1. The fourth-order valence-corrected chi connectivity index (χ4v) is 7.21. The number of benzene rings is 2. The Morgan fingerprint density at radius 3 is 0.909 bits per heavy atom. The zero-order chi connectivity index (χ0) is 39.4. The van der Waals surface area contributed by atoms with Gasteiger partial charge in [0.2, 0.25) is 0 Å². The van der Waals surface area contributed by atoms with Crippen molar-refractivity contribution >= 4 is 0 Å². The Labute approximate surface area is 336 Å². The third kappa shape index (κ3) is 20.4. The lowest BCUT2D eigenvalue weighted by molar-refractivity contribution is -0.0309. The number of hydrogen-bond donors (Lipinski definition) is 0. The second-order valence-corrected chi connectivity index (χ2v) is 14.4. The molecule has 2 rings (SSSR count). The number of hydrogen-bond acceptors (Lipinski definition) is 8. The van der Waals surface area contributed by atoms with Gasteiger partial charge in [0.15, 0.2) is 0 Å². The molecule has 0 fully saturated rings. The predicted molar refractivity (Wildman–Crippen MR) is 223 cm³/mol. The standard InChI is InChI=1S/C47H78O8/c1-5-9-28-48-36-37-52-32-19-24-47(44-20-15-13-16-21-44,45-22-17-14-18-23-45)46(25-33-53-41-38-49-29-10-6-2,26-34-54-42-39-50-30-11-7-3)27-35-55-43-40-51-31-12-8-4/h15-18,20-23H,5-12,19,24-43H2,1-4H3. The van der Waals surface area contributed by atoms with E-state index in [1.165, 1.54) is 11.1 Å². The molecule has 55 heavy (non-hydrogen) atoms. The van der Waals surface area contributed by atoms with Crippen molar-refractivity contribution in [2.75, 3.05) is 106 Å². The summed E-state index contributed by atoms with van der Waals surface area (Å²) in [5, 5.41) is 0. The molecule has 314 valence electrons. The van der Waals surface area contributed by atoms with E-state index in [9.17, 15) is 0 Å². The molecule has 2 radical (unpaired) electrons. The first-order valence-corrected chi connectivity index (χ1v) is 21.8. The Balaban J connectivity index is 2.48. The molecule has 0 aliphatic rings.